The first-order chi connectivity index (χ1) is 7.11. The maximum Gasteiger partial charge on any atom is 0.209 e. The summed E-state index contributed by atoms with van der Waals surface area (Å²) in [5.41, 5.74) is 1.80. The normalized spacial score (nSPS) is 13.1. The van der Waals surface area contributed by atoms with Crippen LogP contribution in [0.15, 0.2) is 12.1 Å². The zero-order valence-electron chi connectivity index (χ0n) is 10.5. The number of sulfonamides is 1. The van der Waals surface area contributed by atoms with E-state index in [1.807, 2.05) is 39.8 Å². The zero-order valence-corrected chi connectivity index (χ0v) is 11.4. The van der Waals surface area contributed by atoms with Crippen LogP contribution in [0.1, 0.15) is 25.2 Å². The summed E-state index contributed by atoms with van der Waals surface area (Å²) in [6, 6.07) is 4.07. The molecule has 0 aromatic carbocycles. The van der Waals surface area contributed by atoms with Crippen molar-refractivity contribution in [2.45, 2.75) is 39.8 Å². The zero-order chi connectivity index (χ0) is 12.6. The van der Waals surface area contributed by atoms with Crippen LogP contribution in [0.25, 0.3) is 0 Å². The molecule has 4 nitrogen and oxygen atoms in total. The third-order valence-electron chi connectivity index (χ3n) is 2.43. The maximum atomic E-state index is 11.2. The minimum atomic E-state index is -3.17. The summed E-state index contributed by atoms with van der Waals surface area (Å²) in [4.78, 5) is 0. The van der Waals surface area contributed by atoms with Crippen LogP contribution in [-0.2, 0) is 16.6 Å². The SMILES string of the molecule is Cc1ccc(C)n1CC(C)(C)NS(C)(=O)=O. The van der Waals surface area contributed by atoms with E-state index < -0.39 is 15.6 Å². The van der Waals surface area contributed by atoms with Crippen molar-refractivity contribution in [3.8, 4) is 0 Å². The van der Waals surface area contributed by atoms with Crippen molar-refractivity contribution in [3.05, 3.63) is 23.5 Å². The van der Waals surface area contributed by atoms with Crippen molar-refractivity contribution in [1.29, 1.82) is 0 Å². The van der Waals surface area contributed by atoms with Crippen molar-refractivity contribution >= 4 is 10.0 Å². The minimum Gasteiger partial charge on any atom is -0.347 e. The fourth-order valence-corrected chi connectivity index (χ4v) is 2.95. The van der Waals surface area contributed by atoms with Gasteiger partial charge in [-0.05, 0) is 39.8 Å². The molecular formula is C11H20N2O2S. The van der Waals surface area contributed by atoms with E-state index in [0.717, 1.165) is 11.4 Å². The van der Waals surface area contributed by atoms with Gasteiger partial charge in [0.1, 0.15) is 0 Å². The lowest BCUT2D eigenvalue weighted by molar-refractivity contribution is 0.385. The Morgan fingerprint density at radius 2 is 1.69 bits per heavy atom. The van der Waals surface area contributed by atoms with Crippen molar-refractivity contribution in [1.82, 2.24) is 9.29 Å². The van der Waals surface area contributed by atoms with Crippen LogP contribution in [0.3, 0.4) is 0 Å². The molecule has 0 spiro atoms. The topological polar surface area (TPSA) is 51.1 Å². The smallest absolute Gasteiger partial charge is 0.209 e. The fourth-order valence-electron chi connectivity index (χ4n) is 1.88. The molecule has 0 unspecified atom stereocenters. The van der Waals surface area contributed by atoms with Crippen LogP contribution in [0.5, 0.6) is 0 Å². The number of aryl methyl sites for hydroxylation is 2. The van der Waals surface area contributed by atoms with Crippen LogP contribution in [0.4, 0.5) is 0 Å². The molecule has 92 valence electrons. The highest BCUT2D eigenvalue weighted by atomic mass is 32.2. The predicted molar refractivity (Wildman–Crippen MR) is 66.0 cm³/mol. The van der Waals surface area contributed by atoms with Gasteiger partial charge in [-0.25, -0.2) is 13.1 Å². The molecule has 0 amide bonds. The molecule has 0 aliphatic carbocycles. The second-order valence-corrected chi connectivity index (χ2v) is 6.71. The van der Waals surface area contributed by atoms with E-state index in [9.17, 15) is 8.42 Å². The predicted octanol–water partition coefficient (Wildman–Crippen LogP) is 1.43. The van der Waals surface area contributed by atoms with E-state index in [1.54, 1.807) is 0 Å². The first-order valence-electron chi connectivity index (χ1n) is 5.22. The van der Waals surface area contributed by atoms with Gasteiger partial charge in [-0.2, -0.15) is 0 Å². The van der Waals surface area contributed by atoms with E-state index in [-0.39, 0.29) is 0 Å². The molecule has 0 aliphatic rings. The molecule has 16 heavy (non-hydrogen) atoms. The highest BCUT2D eigenvalue weighted by Gasteiger charge is 2.23. The molecule has 0 saturated heterocycles. The Hall–Kier alpha value is -0.810. The molecule has 0 aliphatic heterocycles. The standard InChI is InChI=1S/C11H20N2O2S/c1-9-6-7-10(2)13(9)8-11(3,4)12-16(5,14)15/h6-7,12H,8H2,1-5H3. The van der Waals surface area contributed by atoms with Gasteiger partial charge in [0.15, 0.2) is 0 Å². The van der Waals surface area contributed by atoms with Crippen LogP contribution >= 0.6 is 0 Å². The Balaban J connectivity index is 2.89. The molecule has 1 aromatic heterocycles. The molecule has 1 rings (SSSR count). The first kappa shape index (κ1) is 13.3. The van der Waals surface area contributed by atoms with Crippen LogP contribution in [0.2, 0.25) is 0 Å². The van der Waals surface area contributed by atoms with Gasteiger partial charge in [-0.15, -0.1) is 0 Å². The number of hydrogen-bond acceptors (Lipinski definition) is 2. The van der Waals surface area contributed by atoms with Gasteiger partial charge >= 0.3 is 0 Å². The number of nitrogens with one attached hydrogen (secondary N) is 1. The number of hydrogen-bond donors (Lipinski definition) is 1. The third kappa shape index (κ3) is 3.64. The summed E-state index contributed by atoms with van der Waals surface area (Å²) in [5, 5.41) is 0. The number of aromatic nitrogens is 1. The lowest BCUT2D eigenvalue weighted by Crippen LogP contribution is -2.46. The Morgan fingerprint density at radius 1 is 1.25 bits per heavy atom. The van der Waals surface area contributed by atoms with Gasteiger partial charge in [0.25, 0.3) is 0 Å². The highest BCUT2D eigenvalue weighted by Crippen LogP contribution is 2.14. The second-order valence-electron chi connectivity index (χ2n) is 4.96. The molecule has 0 radical (unpaired) electrons. The Bertz CT molecular complexity index is 453. The maximum absolute atomic E-state index is 11.2. The van der Waals surface area contributed by atoms with E-state index in [1.165, 1.54) is 6.26 Å². The molecule has 0 fully saturated rings. The van der Waals surface area contributed by atoms with E-state index in [4.69, 9.17) is 0 Å². The summed E-state index contributed by atoms with van der Waals surface area (Å²) in [5.74, 6) is 0. The van der Waals surface area contributed by atoms with Gasteiger partial charge < -0.3 is 4.57 Å². The fraction of sp³-hybridized carbons (Fsp3) is 0.636. The molecule has 0 saturated carbocycles. The molecule has 1 N–H and O–H groups in total. The largest absolute Gasteiger partial charge is 0.347 e. The Kier molecular flexibility index (Phi) is 3.50. The summed E-state index contributed by atoms with van der Waals surface area (Å²) in [6.07, 6.45) is 1.18. The molecule has 1 aromatic rings. The lowest BCUT2D eigenvalue weighted by atomic mass is 10.1. The number of nitrogens with zero attached hydrogens (tertiary/aromatic N) is 1. The highest BCUT2D eigenvalue weighted by molar-refractivity contribution is 7.88. The van der Waals surface area contributed by atoms with Gasteiger partial charge in [0, 0.05) is 23.5 Å². The minimum absolute atomic E-state index is 0.484. The quantitative estimate of drug-likeness (QED) is 0.871. The van der Waals surface area contributed by atoms with Gasteiger partial charge in [-0.3, -0.25) is 0 Å². The Labute approximate surface area is 97.7 Å². The average Bonchev–Trinajstić information content (AvgIpc) is 2.30. The average molecular weight is 244 g/mol. The van der Waals surface area contributed by atoms with Crippen LogP contribution in [-0.4, -0.2) is 24.8 Å². The van der Waals surface area contributed by atoms with Gasteiger partial charge in [0.2, 0.25) is 10.0 Å². The monoisotopic (exact) mass is 244 g/mol. The van der Waals surface area contributed by atoms with Crippen molar-refractivity contribution in [3.63, 3.8) is 0 Å². The molecule has 0 atom stereocenters. The second kappa shape index (κ2) is 4.22. The first-order valence-corrected chi connectivity index (χ1v) is 7.11. The summed E-state index contributed by atoms with van der Waals surface area (Å²) >= 11 is 0. The van der Waals surface area contributed by atoms with E-state index in [0.29, 0.717) is 6.54 Å². The van der Waals surface area contributed by atoms with Gasteiger partial charge in [0.05, 0.1) is 6.26 Å². The van der Waals surface area contributed by atoms with Gasteiger partial charge in [-0.1, -0.05) is 0 Å². The van der Waals surface area contributed by atoms with Crippen molar-refractivity contribution in [2.75, 3.05) is 6.26 Å². The molecular weight excluding hydrogens is 224 g/mol. The van der Waals surface area contributed by atoms with E-state index in [2.05, 4.69) is 9.29 Å². The summed E-state index contributed by atoms with van der Waals surface area (Å²) < 4.78 is 27.2. The molecule has 0 bridgehead atoms. The van der Waals surface area contributed by atoms with Crippen molar-refractivity contribution in [2.24, 2.45) is 0 Å². The third-order valence-corrected chi connectivity index (χ3v) is 3.36. The van der Waals surface area contributed by atoms with Crippen molar-refractivity contribution < 1.29 is 8.42 Å². The van der Waals surface area contributed by atoms with Crippen LogP contribution in [0, 0.1) is 13.8 Å². The Morgan fingerprint density at radius 3 is 2.06 bits per heavy atom. The number of rotatable bonds is 4. The molecule has 1 heterocycles. The summed E-state index contributed by atoms with van der Waals surface area (Å²) in [7, 11) is -3.17. The van der Waals surface area contributed by atoms with Crippen LogP contribution < -0.4 is 4.72 Å². The lowest BCUT2D eigenvalue weighted by Gasteiger charge is -2.27. The molecule has 5 heteroatoms. The summed E-state index contributed by atoms with van der Waals surface area (Å²) in [6.45, 7) is 8.43. The van der Waals surface area contributed by atoms with E-state index >= 15 is 0 Å².